The van der Waals surface area contributed by atoms with E-state index in [1.54, 1.807) is 10.6 Å². The second-order valence-electron chi connectivity index (χ2n) is 5.34. The van der Waals surface area contributed by atoms with E-state index in [0.717, 1.165) is 5.56 Å². The predicted octanol–water partition coefficient (Wildman–Crippen LogP) is 3.11. The Morgan fingerprint density at radius 2 is 1.96 bits per heavy atom. The van der Waals surface area contributed by atoms with Crippen LogP contribution in [0.2, 0.25) is 5.02 Å². The van der Waals surface area contributed by atoms with Gasteiger partial charge >= 0.3 is 0 Å². The first kappa shape index (κ1) is 16.2. The van der Waals surface area contributed by atoms with Crippen LogP contribution in [-0.2, 0) is 17.9 Å². The van der Waals surface area contributed by atoms with Crippen molar-refractivity contribution in [1.29, 1.82) is 0 Å². The van der Waals surface area contributed by atoms with Crippen molar-refractivity contribution in [2.24, 2.45) is 0 Å². The normalized spacial score (nSPS) is 10.8. The van der Waals surface area contributed by atoms with Crippen molar-refractivity contribution in [1.82, 2.24) is 9.88 Å². The second-order valence-corrected chi connectivity index (χ2v) is 5.74. The minimum Gasteiger partial charge on any atom is -0.350 e. The van der Waals surface area contributed by atoms with Crippen molar-refractivity contribution in [3.63, 3.8) is 0 Å². The number of rotatable bonds is 4. The van der Waals surface area contributed by atoms with Crippen LogP contribution in [0.3, 0.4) is 0 Å². The molecule has 4 nitrogen and oxygen atoms in total. The number of nitrogens with zero attached hydrogens (tertiary/aromatic N) is 1. The van der Waals surface area contributed by atoms with E-state index in [0.29, 0.717) is 17.1 Å². The molecule has 0 unspecified atom stereocenters. The second kappa shape index (κ2) is 6.84. The molecular weight excluding hydrogens is 331 g/mol. The van der Waals surface area contributed by atoms with Gasteiger partial charge in [0.05, 0.1) is 5.52 Å². The zero-order valence-electron chi connectivity index (χ0n) is 12.6. The number of fused-ring (bicyclic) bond motifs is 1. The number of carbonyl (C=O) groups is 1. The molecule has 0 aliphatic heterocycles. The average molecular weight is 345 g/mol. The van der Waals surface area contributed by atoms with Crippen molar-refractivity contribution in [2.45, 2.75) is 13.1 Å². The predicted molar refractivity (Wildman–Crippen MR) is 91.5 cm³/mol. The highest BCUT2D eigenvalue weighted by atomic mass is 35.5. The molecule has 122 valence electrons. The van der Waals surface area contributed by atoms with Crippen LogP contribution in [0.5, 0.6) is 0 Å². The molecule has 0 fully saturated rings. The smallest absolute Gasteiger partial charge is 0.240 e. The summed E-state index contributed by atoms with van der Waals surface area (Å²) in [6.45, 7) is 0.331. The lowest BCUT2D eigenvalue weighted by Crippen LogP contribution is -2.27. The van der Waals surface area contributed by atoms with E-state index in [-0.39, 0.29) is 23.3 Å². The van der Waals surface area contributed by atoms with E-state index in [2.05, 4.69) is 5.32 Å². The van der Waals surface area contributed by atoms with E-state index < -0.39 is 5.82 Å². The minimum absolute atomic E-state index is 0.0207. The van der Waals surface area contributed by atoms with Crippen molar-refractivity contribution >= 4 is 28.4 Å². The molecule has 0 aliphatic carbocycles. The van der Waals surface area contributed by atoms with Crippen LogP contribution in [-0.4, -0.2) is 10.5 Å². The Morgan fingerprint density at radius 1 is 1.17 bits per heavy atom. The van der Waals surface area contributed by atoms with Gasteiger partial charge in [-0.15, -0.1) is 0 Å². The Hall–Kier alpha value is -2.66. The Kier molecular flexibility index (Phi) is 4.62. The third-order valence-corrected chi connectivity index (χ3v) is 4.06. The molecule has 6 heteroatoms. The van der Waals surface area contributed by atoms with E-state index >= 15 is 0 Å². The van der Waals surface area contributed by atoms with Crippen LogP contribution in [0.25, 0.3) is 10.9 Å². The summed E-state index contributed by atoms with van der Waals surface area (Å²) < 4.78 is 14.9. The van der Waals surface area contributed by atoms with Crippen LogP contribution in [0.4, 0.5) is 4.39 Å². The van der Waals surface area contributed by atoms with E-state index in [1.807, 2.05) is 18.2 Å². The maximum atomic E-state index is 13.3. The molecule has 3 rings (SSSR count). The van der Waals surface area contributed by atoms with Crippen LogP contribution < -0.4 is 10.7 Å². The van der Waals surface area contributed by atoms with Gasteiger partial charge in [-0.05, 0) is 29.8 Å². The Morgan fingerprint density at radius 3 is 2.75 bits per heavy atom. The molecule has 0 aliphatic rings. The third kappa shape index (κ3) is 3.46. The summed E-state index contributed by atoms with van der Waals surface area (Å²) in [5.74, 6) is -0.718. The number of aromatic nitrogens is 1. The minimum atomic E-state index is -0.486. The molecule has 1 aromatic heterocycles. The lowest BCUT2D eigenvalue weighted by atomic mass is 10.2. The number of hydrogen-bond donors (Lipinski definition) is 1. The summed E-state index contributed by atoms with van der Waals surface area (Å²) in [4.78, 5) is 24.0. The number of halogens is 2. The zero-order chi connectivity index (χ0) is 17.1. The molecule has 0 saturated heterocycles. The van der Waals surface area contributed by atoms with E-state index in [4.69, 9.17) is 11.6 Å². The first-order valence-electron chi connectivity index (χ1n) is 7.33. The van der Waals surface area contributed by atoms with Crippen molar-refractivity contribution in [3.05, 3.63) is 81.4 Å². The van der Waals surface area contributed by atoms with Crippen molar-refractivity contribution in [3.8, 4) is 0 Å². The number of benzene rings is 2. The molecule has 24 heavy (non-hydrogen) atoms. The molecule has 0 atom stereocenters. The molecule has 1 amide bonds. The number of amides is 1. The zero-order valence-corrected chi connectivity index (χ0v) is 13.4. The first-order chi connectivity index (χ1) is 11.5. The number of hydrogen-bond acceptors (Lipinski definition) is 2. The first-order valence-corrected chi connectivity index (χ1v) is 7.71. The lowest BCUT2D eigenvalue weighted by Gasteiger charge is -2.11. The number of carbonyl (C=O) groups excluding carboxylic acids is 1. The quantitative estimate of drug-likeness (QED) is 0.790. The van der Waals surface area contributed by atoms with Crippen LogP contribution in [0, 0.1) is 5.82 Å². The summed E-state index contributed by atoms with van der Waals surface area (Å²) in [6.07, 6.45) is 1.53. The highest BCUT2D eigenvalue weighted by Crippen LogP contribution is 2.15. The van der Waals surface area contributed by atoms with Crippen LogP contribution in [0.1, 0.15) is 5.56 Å². The highest BCUT2D eigenvalue weighted by molar-refractivity contribution is 6.31. The summed E-state index contributed by atoms with van der Waals surface area (Å²) in [5.41, 5.74) is 1.05. The summed E-state index contributed by atoms with van der Waals surface area (Å²) in [7, 11) is 0. The van der Waals surface area contributed by atoms with Gasteiger partial charge in [0.2, 0.25) is 5.91 Å². The molecular formula is C18H14ClFN2O2. The average Bonchev–Trinajstić information content (AvgIpc) is 2.57. The summed E-state index contributed by atoms with van der Waals surface area (Å²) in [5, 5.41) is 3.61. The standard InChI is InChI=1S/C18H14ClFN2O2/c19-15-4-2-1-3-12(15)10-21-18(24)11-22-8-7-17(23)14-9-13(20)5-6-16(14)22/h1-9H,10-11H2,(H,21,24). The Labute approximate surface area is 142 Å². The fourth-order valence-electron chi connectivity index (χ4n) is 2.47. The van der Waals surface area contributed by atoms with Gasteiger partial charge < -0.3 is 9.88 Å². The summed E-state index contributed by atoms with van der Waals surface area (Å²) in [6, 6.07) is 12.5. The van der Waals surface area contributed by atoms with Crippen molar-refractivity contribution < 1.29 is 9.18 Å². The van der Waals surface area contributed by atoms with E-state index in [9.17, 15) is 14.0 Å². The molecule has 0 saturated carbocycles. The van der Waals surface area contributed by atoms with Gasteiger partial charge in [0.1, 0.15) is 12.4 Å². The van der Waals surface area contributed by atoms with E-state index in [1.165, 1.54) is 30.5 Å². The van der Waals surface area contributed by atoms with Crippen LogP contribution in [0.15, 0.2) is 59.5 Å². The van der Waals surface area contributed by atoms with Gasteiger partial charge in [-0.3, -0.25) is 9.59 Å². The van der Waals surface area contributed by atoms with Gasteiger partial charge in [-0.25, -0.2) is 4.39 Å². The fourth-order valence-corrected chi connectivity index (χ4v) is 2.67. The van der Waals surface area contributed by atoms with Gasteiger partial charge in [0, 0.05) is 29.2 Å². The molecule has 1 heterocycles. The maximum absolute atomic E-state index is 13.3. The monoisotopic (exact) mass is 344 g/mol. The molecule has 1 N–H and O–H groups in total. The largest absolute Gasteiger partial charge is 0.350 e. The SMILES string of the molecule is O=C(Cn1ccc(=O)c2cc(F)ccc21)NCc1ccccc1Cl. The Bertz CT molecular complexity index is 969. The maximum Gasteiger partial charge on any atom is 0.240 e. The van der Waals surface area contributed by atoms with Gasteiger partial charge in [-0.1, -0.05) is 29.8 Å². The van der Waals surface area contributed by atoms with Gasteiger partial charge in [0.15, 0.2) is 5.43 Å². The number of nitrogens with one attached hydrogen (secondary N) is 1. The molecule has 0 spiro atoms. The lowest BCUT2D eigenvalue weighted by molar-refractivity contribution is -0.121. The van der Waals surface area contributed by atoms with Gasteiger partial charge in [0.25, 0.3) is 0 Å². The molecule has 0 bridgehead atoms. The number of pyridine rings is 1. The molecule has 3 aromatic rings. The Balaban J connectivity index is 1.78. The topological polar surface area (TPSA) is 51.1 Å². The fraction of sp³-hybridized carbons (Fsp3) is 0.111. The van der Waals surface area contributed by atoms with Crippen molar-refractivity contribution in [2.75, 3.05) is 0 Å². The molecule has 0 radical (unpaired) electrons. The highest BCUT2D eigenvalue weighted by Gasteiger charge is 2.08. The van der Waals surface area contributed by atoms with Gasteiger partial charge in [-0.2, -0.15) is 0 Å². The third-order valence-electron chi connectivity index (χ3n) is 3.69. The molecule has 2 aromatic carbocycles. The van der Waals surface area contributed by atoms with Crippen LogP contribution >= 0.6 is 11.6 Å². The summed E-state index contributed by atoms with van der Waals surface area (Å²) >= 11 is 6.05.